The second kappa shape index (κ2) is 5.40. The number of alkyl halides is 2. The summed E-state index contributed by atoms with van der Waals surface area (Å²) < 4.78 is 29.8. The smallest absolute Gasteiger partial charge is 0.298 e. The molecule has 0 aliphatic heterocycles. The van der Waals surface area contributed by atoms with Crippen molar-refractivity contribution in [1.29, 1.82) is 0 Å². The molecule has 0 N–H and O–H groups in total. The summed E-state index contributed by atoms with van der Waals surface area (Å²) >= 11 is 2.09. The molecule has 0 unspecified atom stereocenters. The first-order chi connectivity index (χ1) is 8.91. The van der Waals surface area contributed by atoms with E-state index < -0.39 is 5.92 Å². The van der Waals surface area contributed by atoms with Gasteiger partial charge in [0.05, 0.1) is 0 Å². The van der Waals surface area contributed by atoms with Gasteiger partial charge in [0.2, 0.25) is 0 Å². The largest absolute Gasteiger partial charge is 0.363 e. The molecular weight excluding hydrogens is 361 g/mol. The van der Waals surface area contributed by atoms with Crippen LogP contribution in [-0.2, 0) is 5.92 Å². The summed E-state index contributed by atoms with van der Waals surface area (Å²) in [5, 5.41) is 0. The first kappa shape index (κ1) is 14.2. The van der Waals surface area contributed by atoms with E-state index in [0.717, 1.165) is 3.57 Å². The molecule has 0 bridgehead atoms. The topological polar surface area (TPSA) is 16.1 Å². The van der Waals surface area contributed by atoms with Crippen LogP contribution in [0.25, 0.3) is 0 Å². The molecule has 1 aromatic carbocycles. The fourth-order valence-electron chi connectivity index (χ4n) is 1.68. The standard InChI is InChI=1S/C14H13F2IN2/c1-19(2)13-9-11(7-8-18-13)14(15,16)10-3-5-12(17)6-4-10/h3-9H,1-2H3. The van der Waals surface area contributed by atoms with E-state index in [0.29, 0.717) is 5.82 Å². The van der Waals surface area contributed by atoms with E-state index in [4.69, 9.17) is 0 Å². The highest BCUT2D eigenvalue weighted by Gasteiger charge is 2.34. The van der Waals surface area contributed by atoms with E-state index >= 15 is 0 Å². The van der Waals surface area contributed by atoms with Crippen molar-refractivity contribution in [2.75, 3.05) is 19.0 Å². The van der Waals surface area contributed by atoms with E-state index in [9.17, 15) is 8.78 Å². The number of aromatic nitrogens is 1. The minimum Gasteiger partial charge on any atom is -0.363 e. The monoisotopic (exact) mass is 374 g/mol. The van der Waals surface area contributed by atoms with E-state index in [1.807, 2.05) is 0 Å². The number of benzene rings is 1. The SMILES string of the molecule is CN(C)c1cc(C(F)(F)c2ccc(I)cc2)ccn1. The van der Waals surface area contributed by atoms with Gasteiger partial charge in [-0.3, -0.25) is 0 Å². The molecule has 1 heterocycles. The van der Waals surface area contributed by atoms with Crippen molar-refractivity contribution >= 4 is 28.4 Å². The van der Waals surface area contributed by atoms with Crippen molar-refractivity contribution in [3.05, 3.63) is 57.3 Å². The second-order valence-electron chi connectivity index (χ2n) is 4.38. The zero-order chi connectivity index (χ0) is 14.0. The van der Waals surface area contributed by atoms with Crippen LogP contribution in [0.3, 0.4) is 0 Å². The number of halogens is 3. The highest BCUT2D eigenvalue weighted by atomic mass is 127. The van der Waals surface area contributed by atoms with Crippen LogP contribution in [0.15, 0.2) is 42.6 Å². The van der Waals surface area contributed by atoms with Crippen LogP contribution in [0.1, 0.15) is 11.1 Å². The zero-order valence-corrected chi connectivity index (χ0v) is 12.7. The molecule has 5 heteroatoms. The molecule has 0 radical (unpaired) electrons. The maximum Gasteiger partial charge on any atom is 0.298 e. The first-order valence-corrected chi connectivity index (χ1v) is 6.77. The Bertz CT molecular complexity index is 568. The van der Waals surface area contributed by atoms with Gasteiger partial charge in [-0.1, -0.05) is 12.1 Å². The molecule has 0 fully saturated rings. The van der Waals surface area contributed by atoms with Gasteiger partial charge in [0, 0.05) is 35.0 Å². The molecule has 0 saturated carbocycles. The molecule has 0 aliphatic carbocycles. The van der Waals surface area contributed by atoms with Gasteiger partial charge in [-0.2, -0.15) is 8.78 Å². The second-order valence-corrected chi connectivity index (χ2v) is 5.62. The number of anilines is 1. The maximum absolute atomic E-state index is 14.4. The minimum atomic E-state index is -3.02. The van der Waals surface area contributed by atoms with Gasteiger partial charge >= 0.3 is 0 Å². The number of rotatable bonds is 3. The Morgan fingerprint density at radius 1 is 1.05 bits per heavy atom. The summed E-state index contributed by atoms with van der Waals surface area (Å²) in [6, 6.07) is 9.04. The zero-order valence-electron chi connectivity index (χ0n) is 10.6. The quantitative estimate of drug-likeness (QED) is 0.758. The van der Waals surface area contributed by atoms with E-state index in [-0.39, 0.29) is 11.1 Å². The van der Waals surface area contributed by atoms with Gasteiger partial charge in [0.15, 0.2) is 0 Å². The van der Waals surface area contributed by atoms with Crippen molar-refractivity contribution < 1.29 is 8.78 Å². The predicted molar refractivity (Wildman–Crippen MR) is 80.7 cm³/mol. The summed E-state index contributed by atoms with van der Waals surface area (Å²) in [5.74, 6) is -2.50. The normalized spacial score (nSPS) is 11.4. The van der Waals surface area contributed by atoms with Crippen LogP contribution < -0.4 is 4.90 Å². The van der Waals surface area contributed by atoms with E-state index in [1.54, 1.807) is 31.1 Å². The van der Waals surface area contributed by atoms with Gasteiger partial charge in [0.1, 0.15) is 5.82 Å². The molecule has 0 atom stereocenters. The maximum atomic E-state index is 14.4. The van der Waals surface area contributed by atoms with Crippen LogP contribution in [-0.4, -0.2) is 19.1 Å². The average molecular weight is 374 g/mol. The highest BCUT2D eigenvalue weighted by Crippen LogP contribution is 2.36. The van der Waals surface area contributed by atoms with Crippen LogP contribution in [0, 0.1) is 3.57 Å². The third-order valence-corrected chi connectivity index (χ3v) is 3.49. The van der Waals surface area contributed by atoms with Gasteiger partial charge in [-0.15, -0.1) is 0 Å². The molecule has 0 saturated heterocycles. The average Bonchev–Trinajstić information content (AvgIpc) is 2.39. The molecule has 2 aromatic rings. The van der Waals surface area contributed by atoms with Gasteiger partial charge in [-0.05, 0) is 46.9 Å². The summed E-state index contributed by atoms with van der Waals surface area (Å²) in [6.07, 6.45) is 1.41. The van der Waals surface area contributed by atoms with Gasteiger partial charge in [0.25, 0.3) is 5.92 Å². The number of pyridine rings is 1. The number of nitrogens with zero attached hydrogens (tertiary/aromatic N) is 2. The molecule has 0 aliphatic rings. The third kappa shape index (κ3) is 3.02. The van der Waals surface area contributed by atoms with Gasteiger partial charge < -0.3 is 4.90 Å². The molecule has 0 spiro atoms. The molecule has 2 nitrogen and oxygen atoms in total. The van der Waals surface area contributed by atoms with Crippen LogP contribution in [0.5, 0.6) is 0 Å². The lowest BCUT2D eigenvalue weighted by atomic mass is 10.0. The third-order valence-electron chi connectivity index (χ3n) is 2.77. The van der Waals surface area contributed by atoms with E-state index in [2.05, 4.69) is 27.6 Å². The van der Waals surface area contributed by atoms with Crippen molar-refractivity contribution in [1.82, 2.24) is 4.98 Å². The Morgan fingerprint density at radius 2 is 1.68 bits per heavy atom. The fraction of sp³-hybridized carbons (Fsp3) is 0.214. The van der Waals surface area contributed by atoms with Crippen molar-refractivity contribution in [2.45, 2.75) is 5.92 Å². The molecule has 0 amide bonds. The van der Waals surface area contributed by atoms with Crippen molar-refractivity contribution in [3.63, 3.8) is 0 Å². The van der Waals surface area contributed by atoms with Crippen molar-refractivity contribution in [3.8, 4) is 0 Å². The van der Waals surface area contributed by atoms with Crippen LogP contribution in [0.2, 0.25) is 0 Å². The molecule has 19 heavy (non-hydrogen) atoms. The molecule has 2 rings (SSSR count). The lowest BCUT2D eigenvalue weighted by Gasteiger charge is -2.19. The summed E-state index contributed by atoms with van der Waals surface area (Å²) in [4.78, 5) is 5.75. The molecule has 1 aromatic heterocycles. The Labute approximate surface area is 124 Å². The number of hydrogen-bond donors (Lipinski definition) is 0. The summed E-state index contributed by atoms with van der Waals surface area (Å²) in [6.45, 7) is 0. The van der Waals surface area contributed by atoms with E-state index in [1.165, 1.54) is 30.5 Å². The van der Waals surface area contributed by atoms with Gasteiger partial charge in [-0.25, -0.2) is 4.98 Å². The fourth-order valence-corrected chi connectivity index (χ4v) is 2.04. The lowest BCUT2D eigenvalue weighted by Crippen LogP contribution is -2.17. The number of hydrogen-bond acceptors (Lipinski definition) is 2. The molecule has 100 valence electrons. The Kier molecular flexibility index (Phi) is 4.03. The Balaban J connectivity index is 2.43. The highest BCUT2D eigenvalue weighted by molar-refractivity contribution is 14.1. The Morgan fingerprint density at radius 3 is 2.26 bits per heavy atom. The predicted octanol–water partition coefficient (Wildman–Crippen LogP) is 3.89. The van der Waals surface area contributed by atoms with Crippen LogP contribution in [0.4, 0.5) is 14.6 Å². The van der Waals surface area contributed by atoms with Crippen molar-refractivity contribution in [2.24, 2.45) is 0 Å². The minimum absolute atomic E-state index is 0.0103. The summed E-state index contributed by atoms with van der Waals surface area (Å²) in [5.41, 5.74) is -0.0590. The lowest BCUT2D eigenvalue weighted by molar-refractivity contribution is 0.0428. The summed E-state index contributed by atoms with van der Waals surface area (Å²) in [7, 11) is 3.55. The first-order valence-electron chi connectivity index (χ1n) is 5.69. The Hall–Kier alpha value is -1.24. The molecular formula is C14H13F2IN2. The van der Waals surface area contributed by atoms with Crippen LogP contribution >= 0.6 is 22.6 Å².